The zero-order chi connectivity index (χ0) is 27.2. The van der Waals surface area contributed by atoms with Gasteiger partial charge in [0, 0.05) is 13.1 Å². The van der Waals surface area contributed by atoms with Crippen LogP contribution in [0.15, 0.2) is 78.4 Å². The fourth-order valence-corrected chi connectivity index (χ4v) is 3.62. The molecule has 0 fully saturated rings. The second kappa shape index (κ2) is 14.7. The molecule has 0 aliphatic heterocycles. The Hall–Kier alpha value is -4.77. The Morgan fingerprint density at radius 3 is 2.21 bits per heavy atom. The molecule has 3 aromatic carbocycles. The van der Waals surface area contributed by atoms with Crippen LogP contribution in [0.25, 0.3) is 6.08 Å². The first-order chi connectivity index (χ1) is 18.5. The van der Waals surface area contributed by atoms with Gasteiger partial charge in [-0.1, -0.05) is 48.5 Å². The highest BCUT2D eigenvalue weighted by Crippen LogP contribution is 2.27. The minimum Gasteiger partial charge on any atom is -0.493 e. The summed E-state index contributed by atoms with van der Waals surface area (Å²) in [7, 11) is 3.14. The molecular weight excluding hydrogens is 482 g/mol. The number of ether oxygens (including phenoxy) is 3. The molecule has 0 saturated carbocycles. The molecule has 3 aromatic rings. The molecule has 2 N–H and O–H groups in total. The summed E-state index contributed by atoms with van der Waals surface area (Å²) >= 11 is 0. The van der Waals surface area contributed by atoms with Gasteiger partial charge in [-0.05, 0) is 59.9 Å². The van der Waals surface area contributed by atoms with Crippen molar-refractivity contribution in [2.75, 3.05) is 33.9 Å². The smallest absolute Gasteiger partial charge is 0.261 e. The van der Waals surface area contributed by atoms with E-state index in [1.165, 1.54) is 6.08 Å². The third-order valence-corrected chi connectivity index (χ3v) is 5.65. The van der Waals surface area contributed by atoms with Gasteiger partial charge in [0.25, 0.3) is 11.8 Å². The monoisotopic (exact) mass is 513 g/mol. The van der Waals surface area contributed by atoms with E-state index in [1.807, 2.05) is 54.6 Å². The van der Waals surface area contributed by atoms with E-state index in [1.54, 1.807) is 38.5 Å². The summed E-state index contributed by atoms with van der Waals surface area (Å²) in [6.07, 6.45) is 2.82. The molecule has 0 radical (unpaired) electrons. The van der Waals surface area contributed by atoms with E-state index in [9.17, 15) is 14.9 Å². The highest BCUT2D eigenvalue weighted by atomic mass is 16.5. The predicted octanol–water partition coefficient (Wildman–Crippen LogP) is 3.71. The van der Waals surface area contributed by atoms with E-state index < -0.39 is 5.91 Å². The number of nitrogens with one attached hydrogen (secondary N) is 2. The molecule has 0 aliphatic rings. The van der Waals surface area contributed by atoms with Gasteiger partial charge in [-0.2, -0.15) is 5.26 Å². The van der Waals surface area contributed by atoms with Crippen LogP contribution in [0.3, 0.4) is 0 Å². The minimum absolute atomic E-state index is 0.0104. The maximum atomic E-state index is 12.5. The van der Waals surface area contributed by atoms with Crippen LogP contribution in [0.2, 0.25) is 0 Å². The molecular formula is C30H31N3O5. The summed E-state index contributed by atoms with van der Waals surface area (Å²) in [5.41, 5.74) is 2.77. The molecule has 2 amide bonds. The Morgan fingerprint density at radius 1 is 0.842 bits per heavy atom. The van der Waals surface area contributed by atoms with Gasteiger partial charge in [0.2, 0.25) is 0 Å². The number of carbonyl (C=O) groups is 2. The molecule has 0 aliphatic carbocycles. The van der Waals surface area contributed by atoms with Crippen LogP contribution < -0.4 is 24.8 Å². The Kier molecular flexibility index (Phi) is 10.8. The number of carbonyl (C=O) groups excluding carboxylic acids is 2. The van der Waals surface area contributed by atoms with Crippen molar-refractivity contribution in [3.05, 3.63) is 95.1 Å². The first-order valence-electron chi connectivity index (χ1n) is 12.2. The molecule has 0 bridgehead atoms. The molecule has 38 heavy (non-hydrogen) atoms. The van der Waals surface area contributed by atoms with Gasteiger partial charge in [-0.3, -0.25) is 9.59 Å². The highest BCUT2D eigenvalue weighted by Gasteiger charge is 2.10. The lowest BCUT2D eigenvalue weighted by Crippen LogP contribution is -2.30. The predicted molar refractivity (Wildman–Crippen MR) is 145 cm³/mol. The van der Waals surface area contributed by atoms with E-state index in [4.69, 9.17) is 14.2 Å². The second-order valence-electron chi connectivity index (χ2n) is 8.31. The second-order valence-corrected chi connectivity index (χ2v) is 8.31. The van der Waals surface area contributed by atoms with E-state index in [-0.39, 0.29) is 18.1 Å². The van der Waals surface area contributed by atoms with Crippen molar-refractivity contribution >= 4 is 17.9 Å². The third kappa shape index (κ3) is 8.71. The first-order valence-corrected chi connectivity index (χ1v) is 12.2. The number of benzene rings is 3. The Bertz CT molecular complexity index is 1280. The maximum Gasteiger partial charge on any atom is 0.261 e. The van der Waals surface area contributed by atoms with Crippen LogP contribution in [0.1, 0.15) is 16.7 Å². The van der Waals surface area contributed by atoms with Gasteiger partial charge in [-0.15, -0.1) is 0 Å². The molecule has 196 valence electrons. The van der Waals surface area contributed by atoms with Crippen molar-refractivity contribution < 1.29 is 23.8 Å². The van der Waals surface area contributed by atoms with Gasteiger partial charge in [0.15, 0.2) is 18.1 Å². The van der Waals surface area contributed by atoms with Crippen molar-refractivity contribution in [1.29, 1.82) is 5.26 Å². The van der Waals surface area contributed by atoms with Gasteiger partial charge < -0.3 is 24.8 Å². The van der Waals surface area contributed by atoms with Crippen LogP contribution in [0.5, 0.6) is 17.2 Å². The highest BCUT2D eigenvalue weighted by molar-refractivity contribution is 6.01. The summed E-state index contributed by atoms with van der Waals surface area (Å²) in [4.78, 5) is 24.5. The van der Waals surface area contributed by atoms with Crippen molar-refractivity contribution in [1.82, 2.24) is 10.6 Å². The average molecular weight is 514 g/mol. The largest absolute Gasteiger partial charge is 0.493 e. The number of rotatable bonds is 13. The summed E-state index contributed by atoms with van der Waals surface area (Å²) in [6.45, 7) is 0.784. The average Bonchev–Trinajstić information content (AvgIpc) is 2.95. The number of nitrogens with zero attached hydrogens (tertiary/aromatic N) is 1. The Labute approximate surface area is 222 Å². The zero-order valence-corrected chi connectivity index (χ0v) is 21.5. The van der Waals surface area contributed by atoms with Gasteiger partial charge >= 0.3 is 0 Å². The van der Waals surface area contributed by atoms with Gasteiger partial charge in [0.1, 0.15) is 17.4 Å². The quantitative estimate of drug-likeness (QED) is 0.266. The molecule has 8 nitrogen and oxygen atoms in total. The molecule has 0 aromatic heterocycles. The van der Waals surface area contributed by atoms with Crippen LogP contribution in [0.4, 0.5) is 0 Å². The zero-order valence-electron chi connectivity index (χ0n) is 21.5. The number of methoxy groups -OCH3 is 2. The van der Waals surface area contributed by atoms with Crippen molar-refractivity contribution in [3.63, 3.8) is 0 Å². The molecule has 0 saturated heterocycles. The normalized spacial score (nSPS) is 10.7. The molecule has 0 heterocycles. The van der Waals surface area contributed by atoms with Crippen molar-refractivity contribution in [2.24, 2.45) is 0 Å². The lowest BCUT2D eigenvalue weighted by molar-refractivity contribution is -0.123. The molecule has 8 heteroatoms. The molecule has 0 unspecified atom stereocenters. The Balaban J connectivity index is 1.44. The molecule has 0 spiro atoms. The summed E-state index contributed by atoms with van der Waals surface area (Å²) in [6, 6.07) is 24.2. The number of hydrogen-bond acceptors (Lipinski definition) is 6. The van der Waals surface area contributed by atoms with E-state index in [2.05, 4.69) is 10.6 Å². The van der Waals surface area contributed by atoms with E-state index in [0.717, 1.165) is 17.5 Å². The van der Waals surface area contributed by atoms with Crippen LogP contribution in [-0.2, 0) is 22.4 Å². The van der Waals surface area contributed by atoms with Gasteiger partial charge in [-0.25, -0.2) is 0 Å². The van der Waals surface area contributed by atoms with Gasteiger partial charge in [0.05, 0.1) is 14.2 Å². The summed E-state index contributed by atoms with van der Waals surface area (Å²) in [5.74, 6) is 1.10. The number of nitriles is 1. The third-order valence-electron chi connectivity index (χ3n) is 5.65. The van der Waals surface area contributed by atoms with E-state index in [0.29, 0.717) is 42.3 Å². The number of amides is 2. The van der Waals surface area contributed by atoms with Crippen LogP contribution >= 0.6 is 0 Å². The standard InChI is InChI=1S/C30H31N3O5/c1-36-27-13-10-24(19-28(27)37-2)15-17-33-30(35)25(20-31)18-23-8-11-26(12-9-23)38-21-29(34)32-16-14-22-6-4-3-5-7-22/h3-13,18-19H,14-17,21H2,1-2H3,(H,32,34)(H,33,35)/b25-18+. The molecule has 3 rings (SSSR count). The fraction of sp³-hybridized carbons (Fsp3) is 0.233. The van der Waals surface area contributed by atoms with Crippen molar-refractivity contribution in [2.45, 2.75) is 12.8 Å². The molecule has 0 atom stereocenters. The number of hydrogen-bond donors (Lipinski definition) is 2. The summed E-state index contributed by atoms with van der Waals surface area (Å²) in [5, 5.41) is 15.1. The summed E-state index contributed by atoms with van der Waals surface area (Å²) < 4.78 is 16.1. The first kappa shape index (κ1) is 27.8. The fourth-order valence-electron chi connectivity index (χ4n) is 3.62. The van der Waals surface area contributed by atoms with Crippen molar-refractivity contribution in [3.8, 4) is 23.3 Å². The van der Waals surface area contributed by atoms with Crippen LogP contribution in [-0.4, -0.2) is 45.7 Å². The lowest BCUT2D eigenvalue weighted by atomic mass is 10.1. The topological polar surface area (TPSA) is 110 Å². The minimum atomic E-state index is -0.458. The van der Waals surface area contributed by atoms with Crippen LogP contribution in [0, 0.1) is 11.3 Å². The van der Waals surface area contributed by atoms with E-state index >= 15 is 0 Å². The SMILES string of the molecule is COc1ccc(CCNC(=O)/C(C#N)=C/c2ccc(OCC(=O)NCCc3ccccc3)cc2)cc1OC. The lowest BCUT2D eigenvalue weighted by Gasteiger charge is -2.10. The maximum absolute atomic E-state index is 12.5. The Morgan fingerprint density at radius 2 is 1.53 bits per heavy atom.